The lowest BCUT2D eigenvalue weighted by atomic mass is 10.2. The quantitative estimate of drug-likeness (QED) is 0.634. The highest BCUT2D eigenvalue weighted by molar-refractivity contribution is 7.13. The first-order valence-electron chi connectivity index (χ1n) is 3.84. The van der Waals surface area contributed by atoms with E-state index < -0.39 is 0 Å². The second-order valence-corrected chi connectivity index (χ2v) is 3.79. The van der Waals surface area contributed by atoms with Gasteiger partial charge in [-0.2, -0.15) is 0 Å². The Balaban J connectivity index is 2.08. The number of anilines is 1. The van der Waals surface area contributed by atoms with Gasteiger partial charge in [0.1, 0.15) is 0 Å². The van der Waals surface area contributed by atoms with Crippen LogP contribution in [0.15, 0.2) is 11.6 Å². The molecule has 0 amide bonds. The summed E-state index contributed by atoms with van der Waals surface area (Å²) in [7, 11) is 0. The Labute approximate surface area is 70.9 Å². The maximum absolute atomic E-state index is 4.25. The molecule has 0 spiro atoms. The van der Waals surface area contributed by atoms with Gasteiger partial charge in [-0.1, -0.05) is 0 Å². The van der Waals surface area contributed by atoms with Crippen molar-refractivity contribution < 1.29 is 0 Å². The summed E-state index contributed by atoms with van der Waals surface area (Å²) in [4.78, 5) is 6.56. The Morgan fingerprint density at radius 3 is 3.18 bits per heavy atom. The van der Waals surface area contributed by atoms with Gasteiger partial charge in [-0.15, -0.1) is 11.3 Å². The van der Waals surface area contributed by atoms with Crippen LogP contribution in [0.3, 0.4) is 0 Å². The van der Waals surface area contributed by atoms with Crippen LogP contribution in [-0.4, -0.2) is 18.1 Å². The molecule has 11 heavy (non-hydrogen) atoms. The summed E-state index contributed by atoms with van der Waals surface area (Å²) >= 11 is 1.71. The van der Waals surface area contributed by atoms with E-state index >= 15 is 0 Å². The van der Waals surface area contributed by atoms with Crippen LogP contribution in [0.1, 0.15) is 6.42 Å². The van der Waals surface area contributed by atoms with Crippen LogP contribution in [0.5, 0.6) is 0 Å². The summed E-state index contributed by atoms with van der Waals surface area (Å²) in [6.07, 6.45) is 3.07. The Kier molecular flexibility index (Phi) is 1.82. The largest absolute Gasteiger partial charge is 0.348 e. The van der Waals surface area contributed by atoms with E-state index in [2.05, 4.69) is 16.8 Å². The van der Waals surface area contributed by atoms with Crippen molar-refractivity contribution in [1.29, 1.82) is 0 Å². The van der Waals surface area contributed by atoms with Crippen LogP contribution >= 0.6 is 11.3 Å². The molecule has 1 aromatic rings. The molecule has 1 saturated heterocycles. The second-order valence-electron chi connectivity index (χ2n) is 2.92. The van der Waals surface area contributed by atoms with Gasteiger partial charge in [0.05, 0.1) is 0 Å². The predicted octanol–water partition coefficient (Wildman–Crippen LogP) is 1.80. The molecule has 2 heterocycles. The molecule has 1 aliphatic heterocycles. The van der Waals surface area contributed by atoms with E-state index in [1.165, 1.54) is 6.42 Å². The lowest BCUT2D eigenvalue weighted by Gasteiger charge is -2.12. The van der Waals surface area contributed by atoms with Gasteiger partial charge in [0.25, 0.3) is 0 Å². The fraction of sp³-hybridized carbons (Fsp3) is 0.500. The minimum absolute atomic E-state index is 0.596. The molecule has 0 bridgehead atoms. The topological polar surface area (TPSA) is 16.1 Å². The van der Waals surface area contributed by atoms with Crippen molar-refractivity contribution in [2.24, 2.45) is 5.92 Å². The smallest absolute Gasteiger partial charge is 0.185 e. The summed E-state index contributed by atoms with van der Waals surface area (Å²) < 4.78 is 0. The highest BCUT2D eigenvalue weighted by atomic mass is 32.1. The molecule has 0 N–H and O–H groups in total. The highest BCUT2D eigenvalue weighted by Crippen LogP contribution is 2.24. The molecule has 0 aromatic carbocycles. The van der Waals surface area contributed by atoms with Crippen molar-refractivity contribution in [2.45, 2.75) is 6.42 Å². The van der Waals surface area contributed by atoms with E-state index in [-0.39, 0.29) is 0 Å². The fourth-order valence-electron chi connectivity index (χ4n) is 1.38. The molecular formula is C8H11N2S. The Morgan fingerprint density at radius 1 is 1.73 bits per heavy atom. The van der Waals surface area contributed by atoms with Crippen molar-refractivity contribution in [3.63, 3.8) is 0 Å². The lowest BCUT2D eigenvalue weighted by molar-refractivity contribution is 0.734. The van der Waals surface area contributed by atoms with Crippen molar-refractivity contribution in [2.75, 3.05) is 18.0 Å². The highest BCUT2D eigenvalue weighted by Gasteiger charge is 2.19. The Hall–Kier alpha value is -0.570. The molecule has 0 aliphatic carbocycles. The molecule has 0 saturated carbocycles. The monoisotopic (exact) mass is 167 g/mol. The third kappa shape index (κ3) is 1.38. The van der Waals surface area contributed by atoms with Crippen LogP contribution in [0, 0.1) is 12.8 Å². The minimum atomic E-state index is 0.596. The zero-order valence-electron chi connectivity index (χ0n) is 6.36. The zero-order chi connectivity index (χ0) is 7.68. The Morgan fingerprint density at radius 2 is 2.64 bits per heavy atom. The molecule has 1 atom stereocenters. The van der Waals surface area contributed by atoms with Crippen molar-refractivity contribution in [3.05, 3.63) is 18.5 Å². The average molecular weight is 167 g/mol. The third-order valence-electron chi connectivity index (χ3n) is 1.98. The van der Waals surface area contributed by atoms with E-state index in [9.17, 15) is 0 Å². The molecule has 1 aliphatic rings. The fourth-order valence-corrected chi connectivity index (χ4v) is 2.06. The van der Waals surface area contributed by atoms with Crippen LogP contribution in [0.4, 0.5) is 5.13 Å². The zero-order valence-corrected chi connectivity index (χ0v) is 7.18. The summed E-state index contributed by atoms with van der Waals surface area (Å²) in [6.45, 7) is 6.24. The number of nitrogens with zero attached hydrogens (tertiary/aromatic N) is 2. The summed E-state index contributed by atoms with van der Waals surface area (Å²) in [6, 6.07) is 0. The summed E-state index contributed by atoms with van der Waals surface area (Å²) in [5, 5.41) is 3.17. The molecular weight excluding hydrogens is 156 g/mol. The van der Waals surface area contributed by atoms with Gasteiger partial charge in [-0.05, 0) is 19.3 Å². The van der Waals surface area contributed by atoms with Gasteiger partial charge in [-0.25, -0.2) is 4.98 Å². The first-order valence-corrected chi connectivity index (χ1v) is 4.72. The van der Waals surface area contributed by atoms with Gasteiger partial charge in [0.15, 0.2) is 5.13 Å². The molecule has 1 radical (unpaired) electrons. The van der Waals surface area contributed by atoms with Crippen LogP contribution in [0.2, 0.25) is 0 Å². The maximum Gasteiger partial charge on any atom is 0.185 e. The van der Waals surface area contributed by atoms with Crippen LogP contribution in [-0.2, 0) is 0 Å². The van der Waals surface area contributed by atoms with Gasteiger partial charge in [0.2, 0.25) is 0 Å². The minimum Gasteiger partial charge on any atom is -0.348 e. The second kappa shape index (κ2) is 2.81. The predicted molar refractivity (Wildman–Crippen MR) is 47.8 cm³/mol. The summed E-state index contributed by atoms with van der Waals surface area (Å²) in [5.41, 5.74) is 0. The van der Waals surface area contributed by atoms with Crippen molar-refractivity contribution in [1.82, 2.24) is 4.98 Å². The number of rotatable bonds is 1. The summed E-state index contributed by atoms with van der Waals surface area (Å²) in [5.74, 6) is 0.596. The number of hydrogen-bond acceptors (Lipinski definition) is 3. The molecule has 2 nitrogen and oxygen atoms in total. The number of aromatic nitrogens is 1. The molecule has 3 heteroatoms. The molecule has 2 rings (SSSR count). The van der Waals surface area contributed by atoms with Gasteiger partial charge in [-0.3, -0.25) is 0 Å². The maximum atomic E-state index is 4.25. The van der Waals surface area contributed by atoms with Crippen LogP contribution in [0.25, 0.3) is 0 Å². The van der Waals surface area contributed by atoms with E-state index in [0.29, 0.717) is 5.92 Å². The van der Waals surface area contributed by atoms with E-state index in [0.717, 1.165) is 18.2 Å². The number of thiazole rings is 1. The van der Waals surface area contributed by atoms with Crippen molar-refractivity contribution >= 4 is 16.5 Å². The van der Waals surface area contributed by atoms with E-state index in [4.69, 9.17) is 0 Å². The first-order chi connectivity index (χ1) is 5.36. The Bertz CT molecular complexity index is 220. The first kappa shape index (κ1) is 7.10. The van der Waals surface area contributed by atoms with Crippen LogP contribution < -0.4 is 4.90 Å². The number of hydrogen-bond donors (Lipinski definition) is 0. The standard InChI is InChI=1S/C8H11N2S/c1-7-2-4-10(6-7)8-9-3-5-11-8/h3,5,7H,1-2,4,6H2. The van der Waals surface area contributed by atoms with Gasteiger partial charge < -0.3 is 4.90 Å². The van der Waals surface area contributed by atoms with Gasteiger partial charge >= 0.3 is 0 Å². The lowest BCUT2D eigenvalue weighted by Crippen LogP contribution is -2.18. The normalized spacial score (nSPS) is 24.5. The van der Waals surface area contributed by atoms with E-state index in [1.54, 1.807) is 11.3 Å². The van der Waals surface area contributed by atoms with E-state index in [1.807, 2.05) is 11.6 Å². The third-order valence-corrected chi connectivity index (χ3v) is 2.81. The molecule has 1 aromatic heterocycles. The van der Waals surface area contributed by atoms with Gasteiger partial charge in [0, 0.05) is 24.7 Å². The SMILES string of the molecule is [CH2]C1CCN(c2nccs2)C1. The van der Waals surface area contributed by atoms with Crippen molar-refractivity contribution in [3.8, 4) is 0 Å². The molecule has 1 unspecified atom stereocenters. The average Bonchev–Trinajstić information content (AvgIpc) is 2.55. The molecule has 59 valence electrons. The molecule has 1 fully saturated rings.